The van der Waals surface area contributed by atoms with Crippen LogP contribution in [0.2, 0.25) is 0 Å². The van der Waals surface area contributed by atoms with Crippen molar-refractivity contribution in [2.45, 2.75) is 103 Å². The standard InChI is InChI=1S/C30H41NO10/c1-5-36-26(35)23(16-19-7-9-20(32)10-8-19)31-24(33)12-13-25(34)37-27-18(3)22-11-6-17(2)21-14-15-29(4)39-28(38-27)30(21,22)41-40-29/h7-10,17-18,21-23,27-28,32H,5-6,11-16H2,1-4H3,(H,31,33). The van der Waals surface area contributed by atoms with Gasteiger partial charge in [-0.2, -0.15) is 0 Å². The van der Waals surface area contributed by atoms with Gasteiger partial charge >= 0.3 is 11.9 Å². The van der Waals surface area contributed by atoms with Crippen LogP contribution in [0, 0.1) is 23.7 Å². The Morgan fingerprint density at radius 2 is 1.83 bits per heavy atom. The third-order valence-corrected chi connectivity index (χ3v) is 9.18. The molecule has 9 unspecified atom stereocenters. The maximum Gasteiger partial charge on any atom is 0.328 e. The highest BCUT2D eigenvalue weighted by Crippen LogP contribution is 2.60. The predicted molar refractivity (Wildman–Crippen MR) is 143 cm³/mol. The van der Waals surface area contributed by atoms with Crippen molar-refractivity contribution in [2.75, 3.05) is 6.61 Å². The number of esters is 2. The number of carbonyl (C=O) groups is 3. The van der Waals surface area contributed by atoms with E-state index in [4.69, 9.17) is 28.7 Å². The molecular weight excluding hydrogens is 534 g/mol. The van der Waals surface area contributed by atoms with Gasteiger partial charge in [0.15, 0.2) is 11.9 Å². The van der Waals surface area contributed by atoms with E-state index < -0.39 is 47.9 Å². The van der Waals surface area contributed by atoms with Crippen LogP contribution in [0.4, 0.5) is 0 Å². The summed E-state index contributed by atoms with van der Waals surface area (Å²) in [4.78, 5) is 50.0. The van der Waals surface area contributed by atoms with Gasteiger partial charge in [-0.05, 0) is 62.6 Å². The molecular formula is C30H41NO10. The number of nitrogens with one attached hydrogen (secondary N) is 1. The van der Waals surface area contributed by atoms with Gasteiger partial charge in [-0.1, -0.05) is 26.0 Å². The third kappa shape index (κ3) is 5.95. The molecule has 5 aliphatic rings. The summed E-state index contributed by atoms with van der Waals surface area (Å²) in [5, 5.41) is 12.2. The van der Waals surface area contributed by atoms with E-state index in [-0.39, 0.29) is 49.4 Å². The molecule has 11 heteroatoms. The predicted octanol–water partition coefficient (Wildman–Crippen LogP) is 3.51. The van der Waals surface area contributed by atoms with E-state index in [1.165, 1.54) is 12.1 Å². The van der Waals surface area contributed by atoms with Crippen molar-refractivity contribution >= 4 is 17.8 Å². The number of phenolic OH excluding ortho intramolecular Hbond substituents is 1. The van der Waals surface area contributed by atoms with Gasteiger partial charge in [0.1, 0.15) is 11.8 Å². The molecule has 11 nitrogen and oxygen atoms in total. The lowest BCUT2D eigenvalue weighted by Crippen LogP contribution is -2.70. The van der Waals surface area contributed by atoms with E-state index in [1.807, 2.05) is 13.8 Å². The molecule has 2 N–H and O–H groups in total. The SMILES string of the molecule is CCOC(=O)C(Cc1ccc(O)cc1)NC(=O)CCC(=O)OC1OC2OC3(C)CCC4C(C)CCC(C1C)C24OO3. The quantitative estimate of drug-likeness (QED) is 0.332. The highest BCUT2D eigenvalue weighted by Gasteiger charge is 2.69. The Kier molecular flexibility index (Phi) is 8.61. The van der Waals surface area contributed by atoms with E-state index in [0.29, 0.717) is 12.3 Å². The number of rotatable bonds is 9. The second kappa shape index (κ2) is 11.9. The number of benzene rings is 1. The van der Waals surface area contributed by atoms with Crippen LogP contribution in [-0.2, 0) is 49.5 Å². The zero-order valence-electron chi connectivity index (χ0n) is 24.1. The average molecular weight is 576 g/mol. The largest absolute Gasteiger partial charge is 0.508 e. The zero-order chi connectivity index (χ0) is 29.4. The van der Waals surface area contributed by atoms with E-state index in [0.717, 1.165) is 24.8 Å². The Morgan fingerprint density at radius 1 is 1.07 bits per heavy atom. The Labute approximate surface area is 240 Å². The molecule has 0 aromatic heterocycles. The van der Waals surface area contributed by atoms with E-state index in [2.05, 4.69) is 12.2 Å². The lowest BCUT2D eigenvalue weighted by Gasteiger charge is -2.59. The molecule has 9 atom stereocenters. The Balaban J connectivity index is 1.19. The molecule has 4 aliphatic heterocycles. The van der Waals surface area contributed by atoms with Crippen molar-refractivity contribution < 1.29 is 48.2 Å². The van der Waals surface area contributed by atoms with E-state index >= 15 is 0 Å². The van der Waals surface area contributed by atoms with Gasteiger partial charge in [-0.3, -0.25) is 9.59 Å². The highest BCUT2D eigenvalue weighted by molar-refractivity contribution is 5.86. The zero-order valence-corrected chi connectivity index (χ0v) is 24.1. The summed E-state index contributed by atoms with van der Waals surface area (Å²) in [5.74, 6) is -2.02. The van der Waals surface area contributed by atoms with Crippen LogP contribution in [-0.4, -0.2) is 59.6 Å². The number of phenols is 1. The van der Waals surface area contributed by atoms with Crippen LogP contribution in [0.15, 0.2) is 24.3 Å². The summed E-state index contributed by atoms with van der Waals surface area (Å²) in [7, 11) is 0. The van der Waals surface area contributed by atoms with Crippen LogP contribution in [0.5, 0.6) is 5.75 Å². The third-order valence-electron chi connectivity index (χ3n) is 9.18. The summed E-state index contributed by atoms with van der Waals surface area (Å²) in [5.41, 5.74) is -0.0195. The number of fused-ring (bicyclic) bond motifs is 2. The molecule has 1 amide bonds. The minimum atomic E-state index is -0.936. The van der Waals surface area contributed by atoms with Gasteiger partial charge in [0.05, 0.1) is 13.0 Å². The molecule has 1 aromatic rings. The van der Waals surface area contributed by atoms with Gasteiger partial charge in [-0.15, -0.1) is 0 Å². The smallest absolute Gasteiger partial charge is 0.328 e. The fraction of sp³-hybridized carbons (Fsp3) is 0.700. The van der Waals surface area contributed by atoms with Crippen LogP contribution in [0.1, 0.15) is 71.8 Å². The van der Waals surface area contributed by atoms with E-state index in [1.54, 1.807) is 19.1 Å². The Bertz CT molecular complexity index is 1130. The van der Waals surface area contributed by atoms with Crippen molar-refractivity contribution in [2.24, 2.45) is 23.7 Å². The summed E-state index contributed by atoms with van der Waals surface area (Å²) < 4.78 is 23.5. The lowest BCUT2D eigenvalue weighted by molar-refractivity contribution is -0.576. The second-order valence-electron chi connectivity index (χ2n) is 12.0. The van der Waals surface area contributed by atoms with Crippen LogP contribution in [0.3, 0.4) is 0 Å². The molecule has 4 saturated heterocycles. The number of aromatic hydroxyl groups is 1. The molecule has 2 bridgehead atoms. The van der Waals surface area contributed by atoms with Crippen LogP contribution >= 0.6 is 0 Å². The molecule has 1 spiro atoms. The maximum atomic E-state index is 12.9. The molecule has 226 valence electrons. The monoisotopic (exact) mass is 575 g/mol. The molecule has 1 aromatic carbocycles. The molecule has 5 fully saturated rings. The van der Waals surface area contributed by atoms with Gasteiger partial charge in [-0.25, -0.2) is 14.6 Å². The molecule has 41 heavy (non-hydrogen) atoms. The first-order chi connectivity index (χ1) is 19.5. The fourth-order valence-corrected chi connectivity index (χ4v) is 6.98. The van der Waals surface area contributed by atoms with Gasteiger partial charge in [0.25, 0.3) is 0 Å². The normalized spacial score (nSPS) is 36.4. The summed E-state index contributed by atoms with van der Waals surface area (Å²) >= 11 is 0. The first kappa shape index (κ1) is 29.8. The van der Waals surface area contributed by atoms with Crippen molar-refractivity contribution in [1.82, 2.24) is 5.32 Å². The molecule has 1 saturated carbocycles. The topological polar surface area (TPSA) is 139 Å². The van der Waals surface area contributed by atoms with Crippen LogP contribution in [0.25, 0.3) is 0 Å². The first-order valence-electron chi connectivity index (χ1n) is 14.7. The van der Waals surface area contributed by atoms with E-state index in [9.17, 15) is 19.5 Å². The number of hydrogen-bond donors (Lipinski definition) is 2. The Morgan fingerprint density at radius 3 is 2.56 bits per heavy atom. The second-order valence-corrected chi connectivity index (χ2v) is 12.0. The minimum Gasteiger partial charge on any atom is -0.508 e. The molecule has 6 rings (SSSR count). The van der Waals surface area contributed by atoms with Crippen molar-refractivity contribution in [1.29, 1.82) is 0 Å². The highest BCUT2D eigenvalue weighted by atomic mass is 17.3. The molecule has 4 heterocycles. The number of ether oxygens (including phenoxy) is 4. The van der Waals surface area contributed by atoms with Gasteiger partial charge < -0.3 is 29.4 Å². The first-order valence-corrected chi connectivity index (χ1v) is 14.7. The summed E-state index contributed by atoms with van der Waals surface area (Å²) in [6, 6.07) is 5.40. The number of carbonyl (C=O) groups excluding carboxylic acids is 3. The number of amides is 1. The minimum absolute atomic E-state index is 0.0106. The molecule has 0 radical (unpaired) electrons. The van der Waals surface area contributed by atoms with Crippen LogP contribution < -0.4 is 5.32 Å². The summed E-state index contributed by atoms with van der Waals surface area (Å²) in [6.45, 7) is 7.90. The summed E-state index contributed by atoms with van der Waals surface area (Å²) in [6.07, 6.45) is 1.72. The van der Waals surface area contributed by atoms with Gasteiger partial charge in [0.2, 0.25) is 18.0 Å². The maximum absolute atomic E-state index is 12.9. The Hall–Kier alpha value is -2.73. The molecule has 1 aliphatic carbocycles. The average Bonchev–Trinajstić information content (AvgIpc) is 3.17. The van der Waals surface area contributed by atoms with Crippen molar-refractivity contribution in [3.8, 4) is 5.75 Å². The number of hydrogen-bond acceptors (Lipinski definition) is 10. The lowest BCUT2D eigenvalue weighted by atomic mass is 9.58. The van der Waals surface area contributed by atoms with Crippen molar-refractivity contribution in [3.05, 3.63) is 29.8 Å². The van der Waals surface area contributed by atoms with Crippen molar-refractivity contribution in [3.63, 3.8) is 0 Å². The fourth-order valence-electron chi connectivity index (χ4n) is 6.98. The van der Waals surface area contributed by atoms with Gasteiger partial charge in [0, 0.05) is 31.1 Å².